The molecule has 1 atom stereocenters. The van der Waals surface area contributed by atoms with Gasteiger partial charge in [0.25, 0.3) is 11.7 Å². The molecule has 1 aromatic heterocycles. The first-order chi connectivity index (χ1) is 21.0. The SMILES string of the molecule is CCOc1cc([C@@H]2/C(=C(\O)c3ccc4c(c3)OCCO4)C(=O)C(=O)N2Cc2ccncc2)ccc1OCc1ccccc1. The number of Topliss-reactive ketones (excluding diaryl/α,β-unsaturated/α-hetero) is 1. The summed E-state index contributed by atoms with van der Waals surface area (Å²) in [6, 6.07) is 22.7. The molecule has 0 aliphatic carbocycles. The van der Waals surface area contributed by atoms with Gasteiger partial charge in [-0.2, -0.15) is 0 Å². The van der Waals surface area contributed by atoms with Crippen LogP contribution in [0.1, 0.15) is 35.2 Å². The highest BCUT2D eigenvalue weighted by molar-refractivity contribution is 6.46. The number of aromatic nitrogens is 1. The molecule has 9 nitrogen and oxygen atoms in total. The van der Waals surface area contributed by atoms with E-state index in [1.807, 2.05) is 37.3 Å². The number of hydrogen-bond acceptors (Lipinski definition) is 8. The fraction of sp³-hybridized carbons (Fsp3) is 0.206. The fourth-order valence-electron chi connectivity index (χ4n) is 5.24. The maximum absolute atomic E-state index is 13.6. The van der Waals surface area contributed by atoms with Gasteiger partial charge in [0.2, 0.25) is 0 Å². The standard InChI is InChI=1S/C34H30N2O7/c1-2-40-28-18-24(8-10-27(28)43-21-23-6-4-3-5-7-23)31-30(32(37)25-9-11-26-29(19-25)42-17-16-41-26)33(38)34(39)36(31)20-22-12-14-35-15-13-22/h3-15,18-19,31,37H,2,16-17,20-21H2,1H3/b32-30+/t31-/m1/s1. The first-order valence-corrected chi connectivity index (χ1v) is 14.0. The molecular formula is C34H30N2O7. The average Bonchev–Trinajstić information content (AvgIpc) is 3.29. The molecule has 4 aromatic rings. The van der Waals surface area contributed by atoms with Gasteiger partial charge in [-0.15, -0.1) is 0 Å². The Kier molecular flexibility index (Phi) is 7.95. The van der Waals surface area contributed by atoms with Crippen LogP contribution in [0.15, 0.2) is 96.8 Å². The van der Waals surface area contributed by atoms with Gasteiger partial charge in [-0.3, -0.25) is 14.6 Å². The highest BCUT2D eigenvalue weighted by atomic mass is 16.6. The van der Waals surface area contributed by atoms with E-state index in [0.29, 0.717) is 60.6 Å². The lowest BCUT2D eigenvalue weighted by Gasteiger charge is -2.26. The Balaban J connectivity index is 1.43. The minimum absolute atomic E-state index is 0.0314. The lowest BCUT2D eigenvalue weighted by Crippen LogP contribution is -2.29. The number of carbonyl (C=O) groups excluding carboxylic acids is 2. The molecule has 1 N–H and O–H groups in total. The van der Waals surface area contributed by atoms with Gasteiger partial charge in [-0.05, 0) is 66.1 Å². The van der Waals surface area contributed by atoms with Gasteiger partial charge in [0.15, 0.2) is 23.0 Å². The van der Waals surface area contributed by atoms with Crippen LogP contribution in [0.5, 0.6) is 23.0 Å². The second-order valence-corrected chi connectivity index (χ2v) is 10.1. The number of amides is 1. The lowest BCUT2D eigenvalue weighted by atomic mass is 9.94. The van der Waals surface area contributed by atoms with Crippen molar-refractivity contribution in [3.8, 4) is 23.0 Å². The lowest BCUT2D eigenvalue weighted by molar-refractivity contribution is -0.140. The first kappa shape index (κ1) is 27.8. The largest absolute Gasteiger partial charge is 0.507 e. The maximum atomic E-state index is 13.6. The number of aliphatic hydroxyl groups is 1. The highest BCUT2D eigenvalue weighted by Gasteiger charge is 2.46. The molecule has 0 bridgehead atoms. The van der Waals surface area contributed by atoms with Crippen LogP contribution in [-0.2, 0) is 22.7 Å². The molecule has 43 heavy (non-hydrogen) atoms. The Bertz CT molecular complexity index is 1670. The number of carbonyl (C=O) groups is 2. The fourth-order valence-corrected chi connectivity index (χ4v) is 5.24. The molecule has 1 fully saturated rings. The molecule has 1 saturated heterocycles. The monoisotopic (exact) mass is 578 g/mol. The number of pyridine rings is 1. The second kappa shape index (κ2) is 12.3. The molecule has 218 valence electrons. The topological polar surface area (TPSA) is 107 Å². The molecule has 2 aliphatic heterocycles. The molecule has 3 heterocycles. The van der Waals surface area contributed by atoms with E-state index in [9.17, 15) is 14.7 Å². The number of hydrogen-bond donors (Lipinski definition) is 1. The molecule has 0 saturated carbocycles. The van der Waals surface area contributed by atoms with Crippen molar-refractivity contribution in [2.75, 3.05) is 19.8 Å². The second-order valence-electron chi connectivity index (χ2n) is 10.1. The number of ketones is 1. The number of nitrogens with zero attached hydrogens (tertiary/aromatic N) is 2. The van der Waals surface area contributed by atoms with Crippen LogP contribution in [0.25, 0.3) is 5.76 Å². The Hall–Kier alpha value is -5.31. The van der Waals surface area contributed by atoms with Crippen molar-refractivity contribution in [3.05, 3.63) is 119 Å². The van der Waals surface area contributed by atoms with Gasteiger partial charge < -0.3 is 29.0 Å². The molecule has 0 radical (unpaired) electrons. The number of fused-ring (bicyclic) bond motifs is 1. The smallest absolute Gasteiger partial charge is 0.295 e. The number of aliphatic hydroxyl groups excluding tert-OH is 1. The summed E-state index contributed by atoms with van der Waals surface area (Å²) in [5, 5.41) is 11.6. The van der Waals surface area contributed by atoms with Crippen molar-refractivity contribution in [1.29, 1.82) is 0 Å². The zero-order chi connectivity index (χ0) is 29.8. The van der Waals surface area contributed by atoms with Crippen molar-refractivity contribution < 1.29 is 33.6 Å². The third-order valence-corrected chi connectivity index (χ3v) is 7.28. The minimum Gasteiger partial charge on any atom is -0.507 e. The Morgan fingerprint density at radius 3 is 2.42 bits per heavy atom. The summed E-state index contributed by atoms with van der Waals surface area (Å²) in [4.78, 5) is 32.6. The van der Waals surface area contributed by atoms with Crippen LogP contribution in [0, 0.1) is 0 Å². The van der Waals surface area contributed by atoms with Crippen molar-refractivity contribution in [2.45, 2.75) is 26.1 Å². The van der Waals surface area contributed by atoms with Crippen LogP contribution in [0.4, 0.5) is 0 Å². The van der Waals surface area contributed by atoms with Crippen molar-refractivity contribution in [3.63, 3.8) is 0 Å². The number of benzene rings is 3. The van der Waals surface area contributed by atoms with Crippen LogP contribution in [0.2, 0.25) is 0 Å². The molecule has 1 amide bonds. The predicted molar refractivity (Wildman–Crippen MR) is 158 cm³/mol. The van der Waals surface area contributed by atoms with Gasteiger partial charge in [0.1, 0.15) is 25.6 Å². The predicted octanol–water partition coefficient (Wildman–Crippen LogP) is 5.45. The normalized spacial score (nSPS) is 17.1. The van der Waals surface area contributed by atoms with Crippen molar-refractivity contribution >= 4 is 17.4 Å². The van der Waals surface area contributed by atoms with E-state index in [2.05, 4.69) is 4.98 Å². The van der Waals surface area contributed by atoms with Gasteiger partial charge >= 0.3 is 0 Å². The van der Waals surface area contributed by atoms with Crippen LogP contribution in [-0.4, -0.2) is 46.5 Å². The summed E-state index contributed by atoms with van der Waals surface area (Å²) in [5.74, 6) is 0.176. The molecule has 2 aliphatic rings. The summed E-state index contributed by atoms with van der Waals surface area (Å²) >= 11 is 0. The molecule has 6 rings (SSSR count). The molecule has 3 aromatic carbocycles. The van der Waals surface area contributed by atoms with Crippen molar-refractivity contribution in [1.82, 2.24) is 9.88 Å². The van der Waals surface area contributed by atoms with E-state index < -0.39 is 17.7 Å². The molecule has 9 heteroatoms. The number of ether oxygens (including phenoxy) is 4. The Morgan fingerprint density at radius 2 is 1.65 bits per heavy atom. The van der Waals surface area contributed by atoms with E-state index in [1.165, 1.54) is 4.90 Å². The first-order valence-electron chi connectivity index (χ1n) is 14.0. The third-order valence-electron chi connectivity index (χ3n) is 7.28. The summed E-state index contributed by atoms with van der Waals surface area (Å²) in [6.45, 7) is 3.50. The molecular weight excluding hydrogens is 548 g/mol. The minimum atomic E-state index is -0.899. The summed E-state index contributed by atoms with van der Waals surface area (Å²) < 4.78 is 23.3. The van der Waals surface area contributed by atoms with Crippen LogP contribution >= 0.6 is 0 Å². The number of likely N-dealkylation sites (tertiary alicyclic amines) is 1. The van der Waals surface area contributed by atoms with E-state index in [-0.39, 0.29) is 17.9 Å². The number of rotatable bonds is 9. The quantitative estimate of drug-likeness (QED) is 0.159. The summed E-state index contributed by atoms with van der Waals surface area (Å²) in [7, 11) is 0. The van der Waals surface area contributed by atoms with E-state index in [0.717, 1.165) is 11.1 Å². The summed E-state index contributed by atoms with van der Waals surface area (Å²) in [6.07, 6.45) is 3.25. The van der Waals surface area contributed by atoms with Crippen LogP contribution < -0.4 is 18.9 Å². The maximum Gasteiger partial charge on any atom is 0.295 e. The van der Waals surface area contributed by atoms with E-state index in [1.54, 1.807) is 60.9 Å². The van der Waals surface area contributed by atoms with E-state index in [4.69, 9.17) is 18.9 Å². The third kappa shape index (κ3) is 5.74. The Labute approximate surface area is 248 Å². The van der Waals surface area contributed by atoms with Gasteiger partial charge in [-0.1, -0.05) is 36.4 Å². The highest BCUT2D eigenvalue weighted by Crippen LogP contribution is 2.44. The average molecular weight is 579 g/mol. The summed E-state index contributed by atoms with van der Waals surface area (Å²) in [5.41, 5.74) is 2.68. The van der Waals surface area contributed by atoms with Gasteiger partial charge in [-0.25, -0.2) is 0 Å². The van der Waals surface area contributed by atoms with Crippen LogP contribution in [0.3, 0.4) is 0 Å². The van der Waals surface area contributed by atoms with Gasteiger partial charge in [0, 0.05) is 24.5 Å². The Morgan fingerprint density at radius 1 is 0.884 bits per heavy atom. The molecule has 0 spiro atoms. The zero-order valence-corrected chi connectivity index (χ0v) is 23.6. The zero-order valence-electron chi connectivity index (χ0n) is 23.6. The van der Waals surface area contributed by atoms with Crippen molar-refractivity contribution in [2.24, 2.45) is 0 Å². The molecule has 0 unspecified atom stereocenters. The van der Waals surface area contributed by atoms with E-state index >= 15 is 0 Å². The van der Waals surface area contributed by atoms with Gasteiger partial charge in [0.05, 0.1) is 18.2 Å².